The van der Waals surface area contributed by atoms with Crippen molar-refractivity contribution in [3.8, 4) is 12.3 Å². The lowest BCUT2D eigenvalue weighted by atomic mass is 9.57. The summed E-state index contributed by atoms with van der Waals surface area (Å²) in [6.45, 7) is 4.81. The van der Waals surface area contributed by atoms with Gasteiger partial charge in [0, 0.05) is 81.6 Å². The number of nitrogens with one attached hydrogen (secondary N) is 3. The molecular formula is C44H60F2N8O2. The summed E-state index contributed by atoms with van der Waals surface area (Å²) in [5, 5.41) is 26.0. The number of benzene rings is 1. The molecule has 4 heterocycles. The number of aryl methyl sites for hydroxylation is 1. The molecule has 5 aliphatic rings. The Bertz CT molecular complexity index is 1730. The van der Waals surface area contributed by atoms with Crippen molar-refractivity contribution in [2.75, 3.05) is 19.6 Å². The summed E-state index contributed by atoms with van der Waals surface area (Å²) >= 11 is 0. The van der Waals surface area contributed by atoms with Gasteiger partial charge in [-0.05, 0) is 107 Å². The summed E-state index contributed by atoms with van der Waals surface area (Å²) in [5.41, 5.74) is 1.69. The second kappa shape index (κ2) is 17.2. The number of hydrogen-bond acceptors (Lipinski definition) is 6. The number of carbonyl (C=O) groups is 2. The Morgan fingerprint density at radius 1 is 0.964 bits per heavy atom. The smallest absolute Gasteiger partial charge is 0.274 e. The Morgan fingerprint density at radius 2 is 1.64 bits per heavy atom. The van der Waals surface area contributed by atoms with Crippen molar-refractivity contribution in [3.63, 3.8) is 0 Å². The molecule has 1 spiro atoms. The van der Waals surface area contributed by atoms with E-state index in [1.54, 1.807) is 0 Å². The maximum Gasteiger partial charge on any atom is 0.274 e. The highest BCUT2D eigenvalue weighted by Gasteiger charge is 2.51. The van der Waals surface area contributed by atoms with E-state index in [1.807, 2.05) is 64.0 Å². The van der Waals surface area contributed by atoms with Gasteiger partial charge in [0.2, 0.25) is 11.8 Å². The zero-order valence-electron chi connectivity index (χ0n) is 33.0. The molecule has 3 saturated heterocycles. The van der Waals surface area contributed by atoms with E-state index in [0.29, 0.717) is 42.5 Å². The molecule has 1 aromatic carbocycles. The largest absolute Gasteiger partial charge is 0.349 e. The molecule has 2 aliphatic carbocycles. The Hall–Kier alpha value is -4.11. The van der Waals surface area contributed by atoms with Gasteiger partial charge in [-0.15, -0.1) is 12.3 Å². The fraction of sp³-hybridized carbons (Fsp3) is 0.659. The van der Waals surface area contributed by atoms with Gasteiger partial charge in [-0.3, -0.25) is 30.0 Å². The quantitative estimate of drug-likeness (QED) is 0.0836. The fourth-order valence-electron chi connectivity index (χ4n) is 10.6. The van der Waals surface area contributed by atoms with Crippen LogP contribution in [0.4, 0.5) is 8.78 Å². The first kappa shape index (κ1) is 40.1. The normalized spacial score (nSPS) is 25.2. The number of aromatic nitrogens is 2. The van der Waals surface area contributed by atoms with Crippen molar-refractivity contribution in [1.29, 1.82) is 10.8 Å². The van der Waals surface area contributed by atoms with Crippen LogP contribution in [0.3, 0.4) is 0 Å². The van der Waals surface area contributed by atoms with Crippen molar-refractivity contribution in [3.05, 3.63) is 53.9 Å². The Morgan fingerprint density at radius 3 is 2.29 bits per heavy atom. The summed E-state index contributed by atoms with van der Waals surface area (Å²) in [6.07, 6.45) is 18.3. The number of piperidine rings is 2. The van der Waals surface area contributed by atoms with Crippen LogP contribution in [0.15, 0.2) is 42.6 Å². The third-order valence-electron chi connectivity index (χ3n) is 13.8. The van der Waals surface area contributed by atoms with E-state index < -0.39 is 5.92 Å². The predicted octanol–water partition coefficient (Wildman–Crippen LogP) is 7.66. The van der Waals surface area contributed by atoms with Crippen LogP contribution in [0.1, 0.15) is 132 Å². The Kier molecular flexibility index (Phi) is 12.3. The molecule has 3 N–H and O–H groups in total. The average molecular weight is 771 g/mol. The molecule has 2 unspecified atom stereocenters. The molecule has 0 radical (unpaired) electrons. The molecular weight excluding hydrogens is 711 g/mol. The lowest BCUT2D eigenvalue weighted by Gasteiger charge is -2.54. The molecule has 7 rings (SSSR count). The third kappa shape index (κ3) is 9.03. The highest BCUT2D eigenvalue weighted by molar-refractivity contribution is 5.99. The van der Waals surface area contributed by atoms with Crippen LogP contribution in [-0.4, -0.2) is 91.6 Å². The zero-order valence-corrected chi connectivity index (χ0v) is 33.0. The Balaban J connectivity index is 0.897. The summed E-state index contributed by atoms with van der Waals surface area (Å²) in [4.78, 5) is 33.2. The minimum atomic E-state index is -2.66. The SMILES string of the molecule is C#CCCCCn1ccc(C(=O)N2CCC3(CC2)CC(C(=N)N(C(C)=N)C2CC4CCC(C2)N4CC[C@H](NC(=O)C2CCC(F)(F)CC2)c2ccccc2)C3)n1. The van der Waals surface area contributed by atoms with Crippen LogP contribution >= 0.6 is 0 Å². The predicted molar refractivity (Wildman–Crippen MR) is 214 cm³/mol. The molecule has 3 aliphatic heterocycles. The highest BCUT2D eigenvalue weighted by Crippen LogP contribution is 2.54. The van der Waals surface area contributed by atoms with Crippen LogP contribution in [0.25, 0.3) is 0 Å². The number of amides is 2. The fourth-order valence-corrected chi connectivity index (χ4v) is 10.6. The van der Waals surface area contributed by atoms with E-state index in [1.165, 1.54) is 0 Å². The maximum absolute atomic E-state index is 13.8. The third-order valence-corrected chi connectivity index (χ3v) is 13.8. The van der Waals surface area contributed by atoms with Gasteiger partial charge >= 0.3 is 0 Å². The second-order valence-corrected chi connectivity index (χ2v) is 17.5. The molecule has 5 fully saturated rings. The number of hydrogen-bond donors (Lipinski definition) is 3. The molecule has 1 aromatic heterocycles. The lowest BCUT2D eigenvalue weighted by Crippen LogP contribution is -2.57. The van der Waals surface area contributed by atoms with Gasteiger partial charge in [-0.2, -0.15) is 5.10 Å². The van der Waals surface area contributed by atoms with Gasteiger partial charge in [0.15, 0.2) is 0 Å². The monoisotopic (exact) mass is 770 g/mol. The maximum atomic E-state index is 13.8. The minimum Gasteiger partial charge on any atom is -0.349 e. The minimum absolute atomic E-state index is 0.00750. The summed E-state index contributed by atoms with van der Waals surface area (Å²) in [6, 6.07) is 12.4. The topological polar surface area (TPSA) is 121 Å². The van der Waals surface area contributed by atoms with Crippen LogP contribution < -0.4 is 5.32 Å². The van der Waals surface area contributed by atoms with Crippen molar-refractivity contribution in [2.45, 2.75) is 146 Å². The van der Waals surface area contributed by atoms with E-state index in [-0.39, 0.29) is 66.8 Å². The van der Waals surface area contributed by atoms with E-state index in [4.69, 9.17) is 11.8 Å². The number of carbonyl (C=O) groups excluding carboxylic acids is 2. The molecule has 56 heavy (non-hydrogen) atoms. The van der Waals surface area contributed by atoms with E-state index in [9.17, 15) is 23.8 Å². The van der Waals surface area contributed by atoms with Crippen LogP contribution in [0.2, 0.25) is 0 Å². The van der Waals surface area contributed by atoms with Gasteiger partial charge in [0.05, 0.1) is 11.9 Å². The number of fused-ring (bicyclic) bond motifs is 2. The van der Waals surface area contributed by atoms with Crippen molar-refractivity contribution < 1.29 is 18.4 Å². The molecule has 10 nitrogen and oxygen atoms in total. The first-order chi connectivity index (χ1) is 26.9. The number of likely N-dealkylation sites (tertiary alicyclic amines) is 1. The number of unbranched alkanes of at least 4 members (excludes halogenated alkanes) is 2. The van der Waals surface area contributed by atoms with E-state index in [0.717, 1.165) is 95.7 Å². The molecule has 2 aromatic rings. The first-order valence-corrected chi connectivity index (χ1v) is 21.1. The standard InChI is InChI=1S/C44H60F2N8O2/c1-3-4-5-9-22-52-23-16-39(50-52)42(56)51-25-20-43(21-26-51)29-34(30-43)40(48)54(31(2)47)37-27-35-12-13-36(28-37)53(35)24-17-38(32-10-7-6-8-11-32)49-41(55)33-14-18-44(45,46)19-15-33/h1,6-8,10-11,16,23,33-38,47-48H,4-5,9,12-15,17-22,24-30H2,2H3,(H,49,55)/t35?,36?,37?,38-/m0/s1. The number of halogens is 2. The van der Waals surface area contributed by atoms with Crippen molar-refractivity contribution >= 4 is 23.5 Å². The molecule has 3 atom stereocenters. The van der Waals surface area contributed by atoms with Crippen molar-refractivity contribution in [1.82, 2.24) is 29.8 Å². The zero-order chi connectivity index (χ0) is 39.5. The van der Waals surface area contributed by atoms with Gasteiger partial charge in [0.25, 0.3) is 5.91 Å². The van der Waals surface area contributed by atoms with Gasteiger partial charge in [-0.25, -0.2) is 8.78 Å². The summed E-state index contributed by atoms with van der Waals surface area (Å²) in [5.74, 6) is 0.657. The molecule has 2 saturated carbocycles. The molecule has 2 bridgehead atoms. The number of rotatable bonds is 13. The van der Waals surface area contributed by atoms with Gasteiger partial charge in [0.1, 0.15) is 11.5 Å². The van der Waals surface area contributed by atoms with Crippen LogP contribution in [0, 0.1) is 40.4 Å². The van der Waals surface area contributed by atoms with Crippen LogP contribution in [0.5, 0.6) is 0 Å². The first-order valence-electron chi connectivity index (χ1n) is 21.1. The highest BCUT2D eigenvalue weighted by atomic mass is 19.3. The second-order valence-electron chi connectivity index (χ2n) is 17.5. The lowest BCUT2D eigenvalue weighted by molar-refractivity contribution is -0.130. The van der Waals surface area contributed by atoms with Crippen LogP contribution in [-0.2, 0) is 11.3 Å². The average Bonchev–Trinajstić information content (AvgIpc) is 3.74. The summed E-state index contributed by atoms with van der Waals surface area (Å²) < 4.78 is 29.5. The van der Waals surface area contributed by atoms with E-state index >= 15 is 0 Å². The molecule has 12 heteroatoms. The van der Waals surface area contributed by atoms with Gasteiger partial charge < -0.3 is 15.1 Å². The summed E-state index contributed by atoms with van der Waals surface area (Å²) in [7, 11) is 0. The van der Waals surface area contributed by atoms with E-state index in [2.05, 4.69) is 21.2 Å². The number of terminal acetylenes is 1. The van der Waals surface area contributed by atoms with Crippen molar-refractivity contribution in [2.24, 2.45) is 17.3 Å². The Labute approximate surface area is 331 Å². The molecule has 302 valence electrons. The number of amidine groups is 2. The number of alkyl halides is 2. The molecule has 2 amide bonds. The number of nitrogens with zero attached hydrogens (tertiary/aromatic N) is 5. The van der Waals surface area contributed by atoms with Gasteiger partial charge in [-0.1, -0.05) is 30.3 Å².